The topological polar surface area (TPSA) is 50.4 Å². The molecule has 0 spiro atoms. The van der Waals surface area contributed by atoms with E-state index in [9.17, 15) is 9.18 Å². The van der Waals surface area contributed by atoms with Gasteiger partial charge in [-0.3, -0.25) is 0 Å². The van der Waals surface area contributed by atoms with Crippen LogP contribution in [0.2, 0.25) is 5.02 Å². The van der Waals surface area contributed by atoms with Gasteiger partial charge in [-0.05, 0) is 59.2 Å². The number of benzene rings is 1. The number of hydrogen-bond acceptors (Lipinski definition) is 3. The van der Waals surface area contributed by atoms with Crippen molar-refractivity contribution in [2.24, 2.45) is 0 Å². The molecule has 1 rings (SSSR count). The van der Waals surface area contributed by atoms with Crippen LogP contribution in [0.5, 0.6) is 0 Å². The fourth-order valence-corrected chi connectivity index (χ4v) is 2.33. The molecule has 1 amide bonds. The van der Waals surface area contributed by atoms with Crippen molar-refractivity contribution in [3.05, 3.63) is 34.6 Å². The smallest absolute Gasteiger partial charge is 0.408 e. The third-order valence-electron chi connectivity index (χ3n) is 3.12. The Bertz CT molecular complexity index is 556. The lowest BCUT2D eigenvalue weighted by Gasteiger charge is -2.30. The summed E-state index contributed by atoms with van der Waals surface area (Å²) in [7, 11) is 0. The van der Waals surface area contributed by atoms with E-state index in [4.69, 9.17) is 16.3 Å². The van der Waals surface area contributed by atoms with Crippen LogP contribution in [0.1, 0.15) is 53.1 Å². The molecule has 0 saturated carbocycles. The normalized spacial score (nSPS) is 13.6. The van der Waals surface area contributed by atoms with Gasteiger partial charge in [0.05, 0.1) is 5.54 Å². The molecule has 0 aliphatic rings. The summed E-state index contributed by atoms with van der Waals surface area (Å²) >= 11 is 6.06. The van der Waals surface area contributed by atoms with E-state index in [1.54, 1.807) is 6.07 Å². The molecule has 0 bridgehead atoms. The van der Waals surface area contributed by atoms with Crippen molar-refractivity contribution >= 4 is 17.7 Å². The minimum Gasteiger partial charge on any atom is -0.444 e. The first-order valence-electron chi connectivity index (χ1n) is 7.59. The molecule has 1 unspecified atom stereocenters. The SMILES string of the molecule is CC(NCC(C)(C)NC(=O)OC(C)(C)C)c1ccc(F)cc1Cl. The first-order chi connectivity index (χ1) is 10.4. The minimum atomic E-state index is -0.539. The number of alkyl carbamates (subject to hydrolysis) is 1. The molecule has 0 saturated heterocycles. The van der Waals surface area contributed by atoms with E-state index in [1.807, 2.05) is 41.5 Å². The molecular formula is C17H26ClFN2O2. The van der Waals surface area contributed by atoms with Gasteiger partial charge < -0.3 is 15.4 Å². The molecule has 0 aromatic heterocycles. The van der Waals surface area contributed by atoms with Gasteiger partial charge in [-0.25, -0.2) is 9.18 Å². The highest BCUT2D eigenvalue weighted by atomic mass is 35.5. The highest BCUT2D eigenvalue weighted by molar-refractivity contribution is 6.31. The van der Waals surface area contributed by atoms with E-state index in [1.165, 1.54) is 12.1 Å². The number of carbonyl (C=O) groups excluding carboxylic acids is 1. The number of carbonyl (C=O) groups is 1. The molecule has 1 aromatic carbocycles. The third-order valence-corrected chi connectivity index (χ3v) is 3.45. The maximum atomic E-state index is 13.1. The van der Waals surface area contributed by atoms with E-state index in [2.05, 4.69) is 10.6 Å². The molecule has 0 aliphatic carbocycles. The minimum absolute atomic E-state index is 0.0807. The maximum Gasteiger partial charge on any atom is 0.408 e. The van der Waals surface area contributed by atoms with Gasteiger partial charge in [-0.15, -0.1) is 0 Å². The van der Waals surface area contributed by atoms with Crippen LogP contribution in [0, 0.1) is 5.82 Å². The molecule has 2 N–H and O–H groups in total. The lowest BCUT2D eigenvalue weighted by atomic mass is 10.0. The Kier molecular flexibility index (Phi) is 6.42. The monoisotopic (exact) mass is 344 g/mol. The Labute approximate surface area is 142 Å². The Morgan fingerprint density at radius 3 is 2.43 bits per heavy atom. The maximum absolute atomic E-state index is 13.1. The molecule has 0 fully saturated rings. The lowest BCUT2D eigenvalue weighted by molar-refractivity contribution is 0.0471. The van der Waals surface area contributed by atoms with Gasteiger partial charge in [0.25, 0.3) is 0 Å². The van der Waals surface area contributed by atoms with E-state index in [0.29, 0.717) is 11.6 Å². The predicted octanol–water partition coefficient (Wildman–Crippen LogP) is 4.43. The van der Waals surface area contributed by atoms with Crippen molar-refractivity contribution < 1.29 is 13.9 Å². The summed E-state index contributed by atoms with van der Waals surface area (Å²) in [5.74, 6) is -0.363. The van der Waals surface area contributed by atoms with Crippen molar-refractivity contribution in [2.75, 3.05) is 6.54 Å². The standard InChI is InChI=1S/C17H26ClFN2O2/c1-11(13-8-7-12(19)9-14(13)18)20-10-17(5,6)21-15(22)23-16(2,3)4/h7-9,11,20H,10H2,1-6H3,(H,21,22). The number of nitrogens with one attached hydrogen (secondary N) is 2. The largest absolute Gasteiger partial charge is 0.444 e. The highest BCUT2D eigenvalue weighted by Crippen LogP contribution is 2.24. The number of halogens is 2. The van der Waals surface area contributed by atoms with Crippen LogP contribution < -0.4 is 10.6 Å². The zero-order valence-electron chi connectivity index (χ0n) is 14.6. The Hall–Kier alpha value is -1.33. The van der Waals surface area contributed by atoms with Crippen molar-refractivity contribution in [2.45, 2.75) is 58.7 Å². The second-order valence-corrected chi connectivity index (χ2v) is 7.69. The zero-order valence-corrected chi connectivity index (χ0v) is 15.3. The van der Waals surface area contributed by atoms with Crippen LogP contribution in [0.15, 0.2) is 18.2 Å². The van der Waals surface area contributed by atoms with Crippen LogP contribution in [-0.2, 0) is 4.74 Å². The highest BCUT2D eigenvalue weighted by Gasteiger charge is 2.25. The summed E-state index contributed by atoms with van der Waals surface area (Å²) in [6, 6.07) is 4.24. The molecule has 1 atom stereocenters. The molecular weight excluding hydrogens is 319 g/mol. The third kappa shape index (κ3) is 7.18. The summed E-state index contributed by atoms with van der Waals surface area (Å²) < 4.78 is 18.4. The second kappa shape index (κ2) is 7.49. The fraction of sp³-hybridized carbons (Fsp3) is 0.588. The van der Waals surface area contributed by atoms with Crippen molar-refractivity contribution in [1.82, 2.24) is 10.6 Å². The number of amides is 1. The van der Waals surface area contributed by atoms with Crippen molar-refractivity contribution in [1.29, 1.82) is 0 Å². The van der Waals surface area contributed by atoms with Crippen LogP contribution in [0.25, 0.3) is 0 Å². The Morgan fingerprint density at radius 2 is 1.91 bits per heavy atom. The van der Waals surface area contributed by atoms with Crippen LogP contribution >= 0.6 is 11.6 Å². The first kappa shape index (κ1) is 19.7. The Morgan fingerprint density at radius 1 is 1.30 bits per heavy atom. The second-order valence-electron chi connectivity index (χ2n) is 7.28. The fourth-order valence-electron chi connectivity index (χ4n) is 1.99. The van der Waals surface area contributed by atoms with E-state index in [-0.39, 0.29) is 11.9 Å². The van der Waals surface area contributed by atoms with Gasteiger partial charge in [0.2, 0.25) is 0 Å². The quantitative estimate of drug-likeness (QED) is 0.830. The molecule has 23 heavy (non-hydrogen) atoms. The van der Waals surface area contributed by atoms with Gasteiger partial charge in [-0.2, -0.15) is 0 Å². The van der Waals surface area contributed by atoms with Gasteiger partial charge in [0.1, 0.15) is 11.4 Å². The number of ether oxygens (including phenoxy) is 1. The van der Waals surface area contributed by atoms with E-state index < -0.39 is 17.2 Å². The van der Waals surface area contributed by atoms with Crippen LogP contribution in [-0.4, -0.2) is 23.8 Å². The van der Waals surface area contributed by atoms with Gasteiger partial charge in [-0.1, -0.05) is 17.7 Å². The van der Waals surface area contributed by atoms with Gasteiger partial charge in [0, 0.05) is 17.6 Å². The molecule has 1 aromatic rings. The molecule has 0 aliphatic heterocycles. The molecule has 0 heterocycles. The summed E-state index contributed by atoms with van der Waals surface area (Å²) in [5.41, 5.74) is -0.243. The van der Waals surface area contributed by atoms with Gasteiger partial charge in [0.15, 0.2) is 0 Å². The summed E-state index contributed by atoms with van der Waals surface area (Å²) in [4.78, 5) is 11.9. The van der Waals surface area contributed by atoms with Crippen LogP contribution in [0.3, 0.4) is 0 Å². The average Bonchev–Trinajstić information content (AvgIpc) is 2.32. The number of hydrogen-bond donors (Lipinski definition) is 2. The molecule has 4 nitrogen and oxygen atoms in total. The Balaban J connectivity index is 2.59. The summed E-state index contributed by atoms with van der Waals surface area (Å²) in [6.45, 7) is 11.7. The lowest BCUT2D eigenvalue weighted by Crippen LogP contribution is -2.51. The van der Waals surface area contributed by atoms with E-state index in [0.717, 1.165) is 5.56 Å². The van der Waals surface area contributed by atoms with Crippen molar-refractivity contribution in [3.63, 3.8) is 0 Å². The predicted molar refractivity (Wildman–Crippen MR) is 91.3 cm³/mol. The summed E-state index contributed by atoms with van der Waals surface area (Å²) in [5, 5.41) is 6.49. The average molecular weight is 345 g/mol. The number of rotatable bonds is 5. The molecule has 130 valence electrons. The first-order valence-corrected chi connectivity index (χ1v) is 7.97. The molecule has 0 radical (unpaired) electrons. The van der Waals surface area contributed by atoms with Crippen LogP contribution in [0.4, 0.5) is 9.18 Å². The summed E-state index contributed by atoms with van der Waals surface area (Å²) in [6.07, 6.45) is -0.461. The van der Waals surface area contributed by atoms with Gasteiger partial charge >= 0.3 is 6.09 Å². The van der Waals surface area contributed by atoms with E-state index >= 15 is 0 Å². The zero-order chi connectivity index (χ0) is 17.8. The van der Waals surface area contributed by atoms with Crippen molar-refractivity contribution in [3.8, 4) is 0 Å². The molecule has 6 heteroatoms.